The summed E-state index contributed by atoms with van der Waals surface area (Å²) in [5.41, 5.74) is 2.78. The van der Waals surface area contributed by atoms with Crippen molar-refractivity contribution in [1.82, 2.24) is 0 Å². The molecule has 12 heavy (non-hydrogen) atoms. The third-order valence-corrected chi connectivity index (χ3v) is 0.500. The van der Waals surface area contributed by atoms with Gasteiger partial charge in [0.1, 0.15) is 0 Å². The van der Waals surface area contributed by atoms with Crippen molar-refractivity contribution in [2.45, 2.75) is 0 Å². The number of rotatable bonds is 0. The first-order valence-corrected chi connectivity index (χ1v) is 1.73. The van der Waals surface area contributed by atoms with E-state index in [9.17, 15) is 0 Å². The van der Waals surface area contributed by atoms with Crippen LogP contribution >= 0.6 is 0 Å². The van der Waals surface area contributed by atoms with Crippen LogP contribution < -0.4 is 37.2 Å². The molecule has 0 aliphatic heterocycles. The Hall–Kier alpha value is 2.81. The van der Waals surface area contributed by atoms with E-state index in [1.54, 1.807) is 18.2 Å². The van der Waals surface area contributed by atoms with Crippen molar-refractivity contribution in [3.8, 4) is 0 Å². The molecule has 0 atom stereocenters. The molecule has 0 heterocycles. The normalized spacial score (nSPS) is 7.33. The van der Waals surface area contributed by atoms with Gasteiger partial charge in [0.2, 0.25) is 0 Å². The Morgan fingerprint density at radius 3 is 1.58 bits per heavy atom. The Bertz CT molecular complexity index is 130. The SMILES string of the molecule is C1=C[C+]C=[C-]C=1.[Cl-].[Cl-].[Cl-].[Hg+].[Hg+].[Hg+]. The second-order valence-electron chi connectivity index (χ2n) is 0.933. The summed E-state index contributed by atoms with van der Waals surface area (Å²) in [7, 11) is 0. The van der Waals surface area contributed by atoms with Crippen molar-refractivity contribution in [2.75, 3.05) is 0 Å². The average Bonchev–Trinajstić information content (AvgIpc) is 1.72. The Balaban J connectivity index is -0.0000000150. The van der Waals surface area contributed by atoms with E-state index in [1.807, 2.05) is 0 Å². The van der Waals surface area contributed by atoms with Crippen molar-refractivity contribution >= 4 is 0 Å². The monoisotopic (exact) mass is 786 g/mol. The smallest absolute Gasteiger partial charge is 1.00 e. The van der Waals surface area contributed by atoms with Gasteiger partial charge in [-0.2, -0.15) is 0 Å². The molecule has 0 N–H and O–H groups in total. The third kappa shape index (κ3) is 23.0. The Kier molecular flexibility index (Phi) is 88.5. The van der Waals surface area contributed by atoms with Gasteiger partial charge >= 0.3 is 83.0 Å². The third-order valence-electron chi connectivity index (χ3n) is 0.500. The van der Waals surface area contributed by atoms with Crippen LogP contribution in [0.15, 0.2) is 24.0 Å². The summed E-state index contributed by atoms with van der Waals surface area (Å²) >= 11 is 0. The summed E-state index contributed by atoms with van der Waals surface area (Å²) in [6, 6.07) is 0. The van der Waals surface area contributed by atoms with Crippen LogP contribution in [0.5, 0.6) is 0 Å². The van der Waals surface area contributed by atoms with Gasteiger partial charge in [-0.25, -0.2) is 0 Å². The minimum Gasteiger partial charge on any atom is -1.00 e. The second-order valence-corrected chi connectivity index (χ2v) is 0.933. The molecule has 6 heteroatoms. The van der Waals surface area contributed by atoms with E-state index in [-0.39, 0.29) is 120 Å². The zero-order chi connectivity index (χ0) is 4.24. The van der Waals surface area contributed by atoms with Gasteiger partial charge in [0.25, 0.3) is 0 Å². The summed E-state index contributed by atoms with van der Waals surface area (Å²) < 4.78 is 0. The molecule has 0 aromatic carbocycles. The predicted octanol–water partition coefficient (Wildman–Crippen LogP) is -7.84. The standard InChI is InChI=1S/C6H3.3ClH.3Hg/c1-2-4-6-5-3-1;;;;;;/h1,4-5H;3*1H;;;/q;;;;3*+1/p-3. The van der Waals surface area contributed by atoms with Gasteiger partial charge in [-0.15, -0.1) is 5.73 Å². The molecule has 1 aliphatic carbocycles. The van der Waals surface area contributed by atoms with Crippen LogP contribution in [0.2, 0.25) is 0 Å². The first kappa shape index (κ1) is 36.4. The van der Waals surface area contributed by atoms with Crippen LogP contribution in [-0.4, -0.2) is 0 Å². The maximum Gasteiger partial charge on any atom is 1.00 e. The molecule has 0 spiro atoms. The maximum absolute atomic E-state index is 2.78. The molecule has 0 aromatic rings. The second kappa shape index (κ2) is 29.2. The fourth-order valence-corrected chi connectivity index (χ4v) is 0.269. The first-order valence-electron chi connectivity index (χ1n) is 1.73. The van der Waals surface area contributed by atoms with E-state index < -0.39 is 0 Å². The summed E-state index contributed by atoms with van der Waals surface area (Å²) in [6.07, 6.45) is 10.7. The largest absolute Gasteiger partial charge is 1.00 e. The van der Waals surface area contributed by atoms with E-state index in [0.717, 1.165) is 0 Å². The van der Waals surface area contributed by atoms with Crippen LogP contribution in [-0.2, 0) is 83.0 Å². The van der Waals surface area contributed by atoms with E-state index in [0.29, 0.717) is 0 Å². The molecule has 0 unspecified atom stereocenters. The fourth-order valence-electron chi connectivity index (χ4n) is 0.269. The van der Waals surface area contributed by atoms with Gasteiger partial charge in [0.15, 0.2) is 0 Å². The fraction of sp³-hybridized carbons (Fsp3) is 0. The first-order chi connectivity index (χ1) is 3.00. The molecule has 0 nitrogen and oxygen atoms in total. The van der Waals surface area contributed by atoms with Crippen LogP contribution in [0.4, 0.5) is 0 Å². The molecule has 0 aromatic heterocycles. The molecule has 1 aliphatic rings. The molecule has 54 valence electrons. The molecule has 0 saturated carbocycles. The molecule has 0 bridgehead atoms. The topological polar surface area (TPSA) is 0 Å². The molecule has 0 fully saturated rings. The Labute approximate surface area is 154 Å². The van der Waals surface area contributed by atoms with Gasteiger partial charge in [0.05, 0.1) is 0 Å². The number of allylic oxidation sites excluding steroid dienone is 3. The van der Waals surface area contributed by atoms with Crippen LogP contribution in [0, 0.1) is 12.5 Å². The van der Waals surface area contributed by atoms with Crippen molar-refractivity contribution in [1.29, 1.82) is 0 Å². The van der Waals surface area contributed by atoms with E-state index in [1.165, 1.54) is 0 Å². The van der Waals surface area contributed by atoms with E-state index in [2.05, 4.69) is 18.2 Å². The zero-order valence-electron chi connectivity index (χ0n) is 6.49. The average molecular weight is 783 g/mol. The van der Waals surface area contributed by atoms with Crippen molar-refractivity contribution in [3.63, 3.8) is 0 Å². The summed E-state index contributed by atoms with van der Waals surface area (Å²) in [5.74, 6) is 0. The summed E-state index contributed by atoms with van der Waals surface area (Å²) in [6.45, 7) is 0. The number of hydrogen-bond donors (Lipinski definition) is 0. The van der Waals surface area contributed by atoms with Crippen molar-refractivity contribution < 1.29 is 120 Å². The quantitative estimate of drug-likeness (QED) is 0.130. The van der Waals surface area contributed by atoms with E-state index in [4.69, 9.17) is 0 Å². The van der Waals surface area contributed by atoms with Crippen LogP contribution in [0.3, 0.4) is 0 Å². The zero-order valence-corrected chi connectivity index (χ0v) is 25.2. The molecule has 4 radical (unpaired) electrons. The maximum atomic E-state index is 2.78. The van der Waals surface area contributed by atoms with Gasteiger partial charge in [-0.1, -0.05) is 0 Å². The van der Waals surface area contributed by atoms with Gasteiger partial charge in [0, 0.05) is 0 Å². The summed E-state index contributed by atoms with van der Waals surface area (Å²) in [4.78, 5) is 0. The minimum absolute atomic E-state index is 0. The Morgan fingerprint density at radius 1 is 1.00 bits per heavy atom. The van der Waals surface area contributed by atoms with Crippen LogP contribution in [0.25, 0.3) is 0 Å². The van der Waals surface area contributed by atoms with Crippen molar-refractivity contribution in [3.05, 3.63) is 36.5 Å². The molecular weight excluding hydrogens is 780 g/mol. The number of hydrogen-bond acceptors (Lipinski definition) is 0. The molecule has 1 rings (SSSR count). The van der Waals surface area contributed by atoms with Gasteiger partial charge < -0.3 is 37.2 Å². The van der Waals surface area contributed by atoms with E-state index >= 15 is 0 Å². The van der Waals surface area contributed by atoms with Gasteiger partial charge in [-0.3, -0.25) is 0 Å². The molecule has 0 amide bonds. The minimum atomic E-state index is 0. The van der Waals surface area contributed by atoms with Gasteiger partial charge in [-0.05, 0) is 30.7 Å². The predicted molar refractivity (Wildman–Crippen MR) is 23.7 cm³/mol. The summed E-state index contributed by atoms with van der Waals surface area (Å²) in [5, 5.41) is 0. The van der Waals surface area contributed by atoms with Crippen molar-refractivity contribution in [2.24, 2.45) is 0 Å². The molecular formula is C6H3Cl3Hg3. The number of halogens is 3. The van der Waals surface area contributed by atoms with Crippen LogP contribution in [0.1, 0.15) is 0 Å². The molecule has 0 saturated heterocycles. The Morgan fingerprint density at radius 2 is 1.50 bits per heavy atom.